The molecule has 0 unspecified atom stereocenters. The Balaban J connectivity index is 2.10. The highest BCUT2D eigenvalue weighted by Crippen LogP contribution is 2.25. The van der Waals surface area contributed by atoms with E-state index in [-0.39, 0.29) is 5.78 Å². The Morgan fingerprint density at radius 3 is 2.38 bits per heavy atom. The van der Waals surface area contributed by atoms with Crippen molar-refractivity contribution in [3.05, 3.63) is 59.7 Å². The number of hydrogen-bond donors (Lipinski definition) is 0. The topological polar surface area (TPSA) is 44.8 Å². The normalized spacial score (nSPS) is 10.6. The van der Waals surface area contributed by atoms with E-state index in [1.807, 2.05) is 12.1 Å². The van der Waals surface area contributed by atoms with Crippen molar-refractivity contribution in [1.82, 2.24) is 0 Å². The van der Waals surface area contributed by atoms with Gasteiger partial charge in [0.15, 0.2) is 5.78 Å². The molecule has 0 saturated carbocycles. The maximum absolute atomic E-state index is 12.3. The van der Waals surface area contributed by atoms with Crippen molar-refractivity contribution in [3.63, 3.8) is 0 Å². The van der Waals surface area contributed by atoms with Gasteiger partial charge in [-0.2, -0.15) is 0 Å². The lowest BCUT2D eigenvalue weighted by Gasteiger charge is -2.07. The van der Waals surface area contributed by atoms with Crippen LogP contribution in [0.2, 0.25) is 0 Å². The van der Waals surface area contributed by atoms with Crippen LogP contribution < -0.4 is 14.2 Å². The third-order valence-corrected chi connectivity index (χ3v) is 3.66. The van der Waals surface area contributed by atoms with E-state index < -0.39 is 0 Å². The van der Waals surface area contributed by atoms with Crippen molar-refractivity contribution in [3.8, 4) is 17.2 Å². The standard InChI is InChI=1S/C19H19BrO4/c1-22-17-9-5-15(19(13-17)23-2)6-10-18(21)14-3-7-16(8-4-14)24-12-11-20/h3-10,13H,11-12H2,1-2H3/b10-6+. The molecule has 0 saturated heterocycles. The number of hydrogen-bond acceptors (Lipinski definition) is 4. The fourth-order valence-electron chi connectivity index (χ4n) is 2.09. The molecule has 0 aliphatic heterocycles. The summed E-state index contributed by atoms with van der Waals surface area (Å²) in [5.41, 5.74) is 1.41. The highest BCUT2D eigenvalue weighted by atomic mass is 79.9. The van der Waals surface area contributed by atoms with Crippen LogP contribution >= 0.6 is 15.9 Å². The molecule has 0 fully saturated rings. The molecule has 2 rings (SSSR count). The van der Waals surface area contributed by atoms with E-state index in [9.17, 15) is 4.79 Å². The lowest BCUT2D eigenvalue weighted by molar-refractivity contribution is 0.104. The van der Waals surface area contributed by atoms with Crippen LogP contribution in [0.4, 0.5) is 0 Å². The van der Waals surface area contributed by atoms with E-state index in [4.69, 9.17) is 14.2 Å². The molecule has 0 N–H and O–H groups in total. The van der Waals surface area contributed by atoms with Gasteiger partial charge in [0.2, 0.25) is 0 Å². The van der Waals surface area contributed by atoms with Gasteiger partial charge in [0.25, 0.3) is 0 Å². The first-order chi connectivity index (χ1) is 11.7. The van der Waals surface area contributed by atoms with Gasteiger partial charge in [0.05, 0.1) is 20.8 Å². The Hall–Kier alpha value is -2.27. The molecule has 0 radical (unpaired) electrons. The summed E-state index contributed by atoms with van der Waals surface area (Å²) >= 11 is 3.30. The molecule has 4 nitrogen and oxygen atoms in total. The van der Waals surface area contributed by atoms with Gasteiger partial charge in [0.1, 0.15) is 17.2 Å². The van der Waals surface area contributed by atoms with Crippen molar-refractivity contribution < 1.29 is 19.0 Å². The number of methoxy groups -OCH3 is 2. The average molecular weight is 391 g/mol. The highest BCUT2D eigenvalue weighted by Gasteiger charge is 2.05. The van der Waals surface area contributed by atoms with E-state index in [1.165, 1.54) is 6.08 Å². The molecule has 0 spiro atoms. The average Bonchev–Trinajstić information content (AvgIpc) is 2.64. The monoisotopic (exact) mass is 390 g/mol. The van der Waals surface area contributed by atoms with Gasteiger partial charge in [-0.3, -0.25) is 4.79 Å². The van der Waals surface area contributed by atoms with E-state index in [0.29, 0.717) is 23.7 Å². The van der Waals surface area contributed by atoms with Crippen LogP contribution in [0.5, 0.6) is 17.2 Å². The minimum absolute atomic E-state index is 0.0834. The first-order valence-electron chi connectivity index (χ1n) is 7.41. The van der Waals surface area contributed by atoms with Crippen LogP contribution in [0.3, 0.4) is 0 Å². The third-order valence-electron chi connectivity index (χ3n) is 3.34. The quantitative estimate of drug-likeness (QED) is 0.381. The van der Waals surface area contributed by atoms with Crippen molar-refractivity contribution >= 4 is 27.8 Å². The van der Waals surface area contributed by atoms with Gasteiger partial charge in [-0.15, -0.1) is 0 Å². The third kappa shape index (κ3) is 4.86. The molecular weight excluding hydrogens is 372 g/mol. The van der Waals surface area contributed by atoms with E-state index in [0.717, 1.165) is 16.6 Å². The van der Waals surface area contributed by atoms with Gasteiger partial charge in [-0.1, -0.05) is 15.9 Å². The van der Waals surface area contributed by atoms with Crippen molar-refractivity contribution in [2.45, 2.75) is 0 Å². The van der Waals surface area contributed by atoms with Gasteiger partial charge in [0, 0.05) is 22.5 Å². The second-order valence-corrected chi connectivity index (χ2v) is 5.66. The molecule has 2 aromatic rings. The molecule has 0 aliphatic carbocycles. The Morgan fingerprint density at radius 2 is 1.75 bits per heavy atom. The molecule has 5 heteroatoms. The van der Waals surface area contributed by atoms with Gasteiger partial charge in [-0.25, -0.2) is 0 Å². The number of allylic oxidation sites excluding steroid dienone is 1. The second kappa shape index (κ2) is 9.13. The number of carbonyl (C=O) groups excluding carboxylic acids is 1. The van der Waals surface area contributed by atoms with E-state index >= 15 is 0 Å². The van der Waals surface area contributed by atoms with E-state index in [2.05, 4.69) is 15.9 Å². The minimum atomic E-state index is -0.0834. The zero-order valence-electron chi connectivity index (χ0n) is 13.6. The summed E-state index contributed by atoms with van der Waals surface area (Å²) in [6, 6.07) is 12.5. The first kappa shape index (κ1) is 18.1. The highest BCUT2D eigenvalue weighted by molar-refractivity contribution is 9.09. The van der Waals surface area contributed by atoms with Crippen LogP contribution in [0.15, 0.2) is 48.5 Å². The van der Waals surface area contributed by atoms with Crippen LogP contribution in [0.25, 0.3) is 6.08 Å². The fourth-order valence-corrected chi connectivity index (χ4v) is 2.25. The maximum atomic E-state index is 12.3. The van der Waals surface area contributed by atoms with Crippen LogP contribution in [-0.2, 0) is 0 Å². The SMILES string of the molecule is COc1ccc(/C=C/C(=O)c2ccc(OCCBr)cc2)c(OC)c1. The Kier molecular flexibility index (Phi) is 6.88. The molecule has 24 heavy (non-hydrogen) atoms. The number of halogens is 1. The zero-order chi connectivity index (χ0) is 17.4. The predicted octanol–water partition coefficient (Wildman–Crippen LogP) is 4.37. The van der Waals surface area contributed by atoms with Crippen LogP contribution in [0.1, 0.15) is 15.9 Å². The lowest BCUT2D eigenvalue weighted by atomic mass is 10.1. The number of benzene rings is 2. The minimum Gasteiger partial charge on any atom is -0.497 e. The number of rotatable bonds is 8. The summed E-state index contributed by atoms with van der Waals surface area (Å²) in [5, 5.41) is 0.764. The Labute approximate surface area is 150 Å². The molecular formula is C19H19BrO4. The molecule has 0 heterocycles. The summed E-state index contributed by atoms with van der Waals surface area (Å²) in [5.74, 6) is 2.01. The van der Waals surface area contributed by atoms with Crippen molar-refractivity contribution in [2.24, 2.45) is 0 Å². The molecule has 0 atom stereocenters. The fraction of sp³-hybridized carbons (Fsp3) is 0.211. The Morgan fingerprint density at radius 1 is 1.04 bits per heavy atom. The van der Waals surface area contributed by atoms with Gasteiger partial charge < -0.3 is 14.2 Å². The second-order valence-electron chi connectivity index (χ2n) is 4.87. The summed E-state index contributed by atoms with van der Waals surface area (Å²) in [6.45, 7) is 0.588. The largest absolute Gasteiger partial charge is 0.497 e. The van der Waals surface area contributed by atoms with Crippen molar-refractivity contribution in [1.29, 1.82) is 0 Å². The van der Waals surface area contributed by atoms with Gasteiger partial charge >= 0.3 is 0 Å². The predicted molar refractivity (Wildman–Crippen MR) is 98.6 cm³/mol. The van der Waals surface area contributed by atoms with E-state index in [1.54, 1.807) is 50.6 Å². The van der Waals surface area contributed by atoms with Crippen molar-refractivity contribution in [2.75, 3.05) is 26.2 Å². The molecule has 0 bridgehead atoms. The number of alkyl halides is 1. The number of ether oxygens (including phenoxy) is 3. The molecule has 0 aromatic heterocycles. The summed E-state index contributed by atoms with van der Waals surface area (Å²) in [4.78, 5) is 12.3. The summed E-state index contributed by atoms with van der Waals surface area (Å²) < 4.78 is 15.9. The molecule has 2 aromatic carbocycles. The van der Waals surface area contributed by atoms with Crippen LogP contribution in [-0.4, -0.2) is 31.9 Å². The van der Waals surface area contributed by atoms with Gasteiger partial charge in [-0.05, 0) is 48.6 Å². The van der Waals surface area contributed by atoms with Crippen LogP contribution in [0, 0.1) is 0 Å². The molecule has 126 valence electrons. The zero-order valence-corrected chi connectivity index (χ0v) is 15.2. The smallest absolute Gasteiger partial charge is 0.185 e. The molecule has 0 amide bonds. The first-order valence-corrected chi connectivity index (χ1v) is 8.53. The maximum Gasteiger partial charge on any atom is 0.185 e. The Bertz CT molecular complexity index is 708. The lowest BCUT2D eigenvalue weighted by Crippen LogP contribution is -1.99. The number of ketones is 1. The summed E-state index contributed by atoms with van der Waals surface area (Å²) in [7, 11) is 3.18. The molecule has 0 aliphatic rings. The summed E-state index contributed by atoms with van der Waals surface area (Å²) in [6.07, 6.45) is 3.26. The number of carbonyl (C=O) groups is 1.